The molecule has 2 saturated heterocycles. The van der Waals surface area contributed by atoms with Gasteiger partial charge in [0.25, 0.3) is 0 Å². The monoisotopic (exact) mass is 260 g/mol. The first kappa shape index (κ1) is 12.2. The smallest absolute Gasteiger partial charge is 0.0802 e. The minimum Gasteiger partial charge on any atom is -0.305 e. The second kappa shape index (κ2) is 4.71. The largest absolute Gasteiger partial charge is 0.305 e. The SMILES string of the molecule is C=C1/C=C\C=C/C/N=C(/C23CC(CN(C)C2)C3)S1. The lowest BCUT2D eigenvalue weighted by Gasteiger charge is -2.56. The maximum atomic E-state index is 4.83. The van der Waals surface area contributed by atoms with Crippen LogP contribution in [-0.2, 0) is 0 Å². The fourth-order valence-electron chi connectivity index (χ4n) is 3.47. The van der Waals surface area contributed by atoms with E-state index in [1.165, 1.54) is 24.4 Å². The third-order valence-corrected chi connectivity index (χ3v) is 5.21. The zero-order valence-corrected chi connectivity index (χ0v) is 11.7. The van der Waals surface area contributed by atoms with Gasteiger partial charge < -0.3 is 4.90 Å². The summed E-state index contributed by atoms with van der Waals surface area (Å²) in [5.41, 5.74) is 0.331. The van der Waals surface area contributed by atoms with Gasteiger partial charge in [-0.1, -0.05) is 36.6 Å². The number of allylic oxidation sites excluding steroid dienone is 3. The number of hydrogen-bond acceptors (Lipinski definition) is 3. The average Bonchev–Trinajstić information content (AvgIpc) is 2.39. The molecule has 2 nitrogen and oxygen atoms in total. The molecule has 0 radical (unpaired) electrons. The zero-order chi connectivity index (χ0) is 12.6. The number of aliphatic imine (C=N–C) groups is 1. The van der Waals surface area contributed by atoms with Crippen molar-refractivity contribution in [3.8, 4) is 0 Å². The van der Waals surface area contributed by atoms with Gasteiger partial charge in [-0.3, -0.25) is 4.99 Å². The van der Waals surface area contributed by atoms with Crippen molar-refractivity contribution in [1.82, 2.24) is 4.90 Å². The first-order chi connectivity index (χ1) is 8.68. The second-order valence-corrected chi connectivity index (χ2v) is 6.87. The summed E-state index contributed by atoms with van der Waals surface area (Å²) in [6, 6.07) is 0. The number of thioether (sulfide) groups is 1. The highest BCUT2D eigenvalue weighted by Crippen LogP contribution is 2.53. The van der Waals surface area contributed by atoms with E-state index < -0.39 is 0 Å². The molecule has 18 heavy (non-hydrogen) atoms. The van der Waals surface area contributed by atoms with Crippen LogP contribution in [0.5, 0.6) is 0 Å². The van der Waals surface area contributed by atoms with Crippen molar-refractivity contribution in [2.24, 2.45) is 16.3 Å². The van der Waals surface area contributed by atoms with E-state index in [0.717, 1.165) is 23.9 Å². The highest BCUT2D eigenvalue weighted by atomic mass is 32.2. The predicted molar refractivity (Wildman–Crippen MR) is 80.0 cm³/mol. The minimum absolute atomic E-state index is 0.331. The highest BCUT2D eigenvalue weighted by Gasteiger charge is 2.52. The van der Waals surface area contributed by atoms with E-state index in [9.17, 15) is 0 Å². The molecule has 2 bridgehead atoms. The number of piperidine rings is 2. The number of nitrogens with zero attached hydrogens (tertiary/aromatic N) is 2. The van der Waals surface area contributed by atoms with Gasteiger partial charge in [0.05, 0.1) is 11.6 Å². The fourth-order valence-corrected chi connectivity index (χ4v) is 4.45. The van der Waals surface area contributed by atoms with Crippen LogP contribution in [0.1, 0.15) is 12.8 Å². The molecule has 0 atom stereocenters. The van der Waals surface area contributed by atoms with Crippen molar-refractivity contribution in [1.29, 1.82) is 0 Å². The van der Waals surface area contributed by atoms with Crippen LogP contribution in [0, 0.1) is 11.3 Å². The van der Waals surface area contributed by atoms with Crippen molar-refractivity contribution < 1.29 is 0 Å². The minimum atomic E-state index is 0.331. The Balaban J connectivity index is 1.83. The Morgan fingerprint density at radius 3 is 3.06 bits per heavy atom. The molecule has 0 unspecified atom stereocenters. The van der Waals surface area contributed by atoms with E-state index in [-0.39, 0.29) is 0 Å². The molecule has 0 aromatic heterocycles. The van der Waals surface area contributed by atoms with Gasteiger partial charge in [-0.05, 0) is 31.9 Å². The summed E-state index contributed by atoms with van der Waals surface area (Å²) in [6.45, 7) is 7.35. The standard InChI is InChI=1S/C15H20N2S/c1-12-6-4-3-5-7-16-14(18-12)15-8-13(9-15)10-17(2)11-15/h3-6,13H,1,7-11H2,2H3/b5-3-,6-4-,16-14-. The molecular weight excluding hydrogens is 240 g/mol. The Morgan fingerprint density at radius 1 is 1.44 bits per heavy atom. The fraction of sp³-hybridized carbons (Fsp3) is 0.533. The molecule has 0 amide bonds. The topological polar surface area (TPSA) is 15.6 Å². The third-order valence-electron chi connectivity index (χ3n) is 4.05. The van der Waals surface area contributed by atoms with Crippen LogP contribution in [0.3, 0.4) is 0 Å². The van der Waals surface area contributed by atoms with Crippen LogP contribution in [0.25, 0.3) is 0 Å². The molecule has 4 aliphatic rings. The van der Waals surface area contributed by atoms with Gasteiger partial charge >= 0.3 is 0 Å². The van der Waals surface area contributed by atoms with Crippen molar-refractivity contribution in [3.63, 3.8) is 0 Å². The lowest BCUT2D eigenvalue weighted by atomic mass is 9.59. The molecule has 4 rings (SSSR count). The molecule has 3 heteroatoms. The van der Waals surface area contributed by atoms with Gasteiger partial charge in [-0.15, -0.1) is 0 Å². The first-order valence-electron chi connectivity index (χ1n) is 6.61. The Bertz CT molecular complexity index is 441. The summed E-state index contributed by atoms with van der Waals surface area (Å²) in [6.07, 6.45) is 11.0. The number of fused-ring (bicyclic) bond motifs is 2. The molecule has 3 heterocycles. The van der Waals surface area contributed by atoms with Crippen LogP contribution in [0.15, 0.2) is 40.8 Å². The highest BCUT2D eigenvalue weighted by molar-refractivity contribution is 8.17. The summed E-state index contributed by atoms with van der Waals surface area (Å²) in [5, 5.41) is 1.31. The quantitative estimate of drug-likeness (QED) is 0.720. The first-order valence-corrected chi connectivity index (χ1v) is 7.43. The Morgan fingerprint density at radius 2 is 2.28 bits per heavy atom. The lowest BCUT2D eigenvalue weighted by Crippen LogP contribution is -2.58. The number of rotatable bonds is 1. The molecule has 3 fully saturated rings. The molecule has 0 aromatic rings. The lowest BCUT2D eigenvalue weighted by molar-refractivity contribution is 0.00346. The van der Waals surface area contributed by atoms with Crippen LogP contribution in [0.2, 0.25) is 0 Å². The molecule has 0 spiro atoms. The zero-order valence-electron chi connectivity index (χ0n) is 10.9. The molecule has 3 aliphatic heterocycles. The molecule has 96 valence electrons. The van der Waals surface area contributed by atoms with E-state index >= 15 is 0 Å². The molecule has 1 aliphatic carbocycles. The molecular formula is C15H20N2S. The van der Waals surface area contributed by atoms with E-state index in [2.05, 4.69) is 42.8 Å². The summed E-state index contributed by atoms with van der Waals surface area (Å²) < 4.78 is 0. The van der Waals surface area contributed by atoms with Gasteiger partial charge in [0.2, 0.25) is 0 Å². The summed E-state index contributed by atoms with van der Waals surface area (Å²) in [7, 11) is 2.23. The Hall–Kier alpha value is -0.800. The second-order valence-electron chi connectivity index (χ2n) is 5.75. The number of hydrogen-bond donors (Lipinski definition) is 0. The van der Waals surface area contributed by atoms with E-state index in [4.69, 9.17) is 4.99 Å². The van der Waals surface area contributed by atoms with E-state index in [1.807, 2.05) is 0 Å². The summed E-state index contributed by atoms with van der Waals surface area (Å²) >= 11 is 1.78. The predicted octanol–water partition coefficient (Wildman–Crippen LogP) is 3.10. The maximum absolute atomic E-state index is 4.83. The van der Waals surface area contributed by atoms with Crippen LogP contribution in [-0.4, -0.2) is 36.6 Å². The van der Waals surface area contributed by atoms with Crippen molar-refractivity contribution in [3.05, 3.63) is 35.8 Å². The summed E-state index contributed by atoms with van der Waals surface area (Å²) in [5.74, 6) is 0.888. The Kier molecular flexibility index (Phi) is 3.20. The van der Waals surface area contributed by atoms with Gasteiger partial charge in [0.15, 0.2) is 0 Å². The molecule has 1 saturated carbocycles. The van der Waals surface area contributed by atoms with Crippen LogP contribution >= 0.6 is 11.8 Å². The van der Waals surface area contributed by atoms with Gasteiger partial charge in [-0.25, -0.2) is 0 Å². The van der Waals surface area contributed by atoms with Gasteiger partial charge in [0.1, 0.15) is 0 Å². The van der Waals surface area contributed by atoms with Crippen molar-refractivity contribution in [2.75, 3.05) is 26.7 Å². The summed E-state index contributed by atoms with van der Waals surface area (Å²) in [4.78, 5) is 8.39. The van der Waals surface area contributed by atoms with Crippen LogP contribution in [0.4, 0.5) is 0 Å². The van der Waals surface area contributed by atoms with Crippen LogP contribution < -0.4 is 0 Å². The van der Waals surface area contributed by atoms with Crippen molar-refractivity contribution >= 4 is 16.8 Å². The maximum Gasteiger partial charge on any atom is 0.0802 e. The van der Waals surface area contributed by atoms with Gasteiger partial charge in [0, 0.05) is 23.4 Å². The normalized spacial score (nSPS) is 42.8. The average molecular weight is 260 g/mol. The van der Waals surface area contributed by atoms with Gasteiger partial charge in [-0.2, -0.15) is 0 Å². The van der Waals surface area contributed by atoms with E-state index in [0.29, 0.717) is 5.41 Å². The molecule has 0 aromatic carbocycles. The third kappa shape index (κ3) is 2.21. The molecule has 0 N–H and O–H groups in total. The Labute approximate surface area is 114 Å². The van der Waals surface area contributed by atoms with Crippen molar-refractivity contribution in [2.45, 2.75) is 12.8 Å². The van der Waals surface area contributed by atoms with E-state index in [1.54, 1.807) is 11.8 Å².